The highest BCUT2D eigenvalue weighted by atomic mass is 31.2. The molecule has 3 atom stereocenters. The van der Waals surface area contributed by atoms with E-state index in [0.29, 0.717) is 17.4 Å². The number of nitrogens with one attached hydrogen (secondary N) is 1. The quantitative estimate of drug-likeness (QED) is 0.0212. The molecule has 0 saturated carbocycles. The van der Waals surface area contributed by atoms with Crippen molar-refractivity contribution >= 4 is 19.7 Å². The second-order valence-corrected chi connectivity index (χ2v) is 27.9. The van der Waals surface area contributed by atoms with E-state index < -0.39 is 26.6 Å². The molecule has 1 amide bonds. The van der Waals surface area contributed by atoms with Crippen molar-refractivity contribution < 1.29 is 37.3 Å². The Labute approximate surface area is 551 Å². The van der Waals surface area contributed by atoms with Gasteiger partial charge in [0.15, 0.2) is 0 Å². The van der Waals surface area contributed by atoms with Crippen molar-refractivity contribution in [1.82, 2.24) is 5.32 Å². The van der Waals surface area contributed by atoms with Crippen LogP contribution in [-0.4, -0.2) is 69.4 Å². The van der Waals surface area contributed by atoms with E-state index in [0.717, 1.165) is 96.3 Å². The monoisotopic (exact) mass is 1260 g/mol. The highest BCUT2D eigenvalue weighted by Crippen LogP contribution is 2.38. The molecular formula is C79H143N2O7P. The lowest BCUT2D eigenvalue weighted by molar-refractivity contribution is -0.870. The molecule has 10 heteroatoms. The van der Waals surface area contributed by atoms with Gasteiger partial charge >= 0.3 is 5.97 Å². The van der Waals surface area contributed by atoms with Crippen LogP contribution < -0.4 is 10.2 Å². The Bertz CT molecular complexity index is 1840. The molecule has 0 saturated heterocycles. The third-order valence-electron chi connectivity index (χ3n) is 16.5. The molecule has 0 bridgehead atoms. The number of allylic oxidation sites excluding steroid dienone is 15. The summed E-state index contributed by atoms with van der Waals surface area (Å²) in [4.78, 5) is 40.2. The molecule has 0 heterocycles. The number of likely N-dealkylation sites (N-methyl/N-ethyl adjacent to an activating group) is 1. The summed E-state index contributed by atoms with van der Waals surface area (Å²) in [7, 11) is 1.18. The fourth-order valence-electron chi connectivity index (χ4n) is 10.7. The number of unbranched alkanes of at least 4 members (excludes halogenated alkanes) is 38. The number of amides is 1. The van der Waals surface area contributed by atoms with Gasteiger partial charge in [-0.15, -0.1) is 0 Å². The Hall–Kier alpha value is -3.07. The maximum absolute atomic E-state index is 13.6. The van der Waals surface area contributed by atoms with Crippen molar-refractivity contribution in [1.29, 1.82) is 0 Å². The second-order valence-electron chi connectivity index (χ2n) is 26.4. The lowest BCUT2D eigenvalue weighted by Gasteiger charge is -2.30. The van der Waals surface area contributed by atoms with Crippen molar-refractivity contribution in [3.63, 3.8) is 0 Å². The van der Waals surface area contributed by atoms with E-state index in [9.17, 15) is 19.0 Å². The molecule has 0 aromatic rings. The summed E-state index contributed by atoms with van der Waals surface area (Å²) in [5, 5.41) is 3.04. The van der Waals surface area contributed by atoms with Crippen molar-refractivity contribution in [2.45, 2.75) is 354 Å². The molecule has 0 aromatic heterocycles. The lowest BCUT2D eigenvalue weighted by Crippen LogP contribution is -2.47. The fraction of sp³-hybridized carbons (Fsp3) is 0.772. The van der Waals surface area contributed by atoms with E-state index in [4.69, 9.17) is 13.8 Å². The molecule has 0 rings (SSSR count). The maximum Gasteiger partial charge on any atom is 0.306 e. The van der Waals surface area contributed by atoms with E-state index in [1.54, 1.807) is 0 Å². The number of quaternary nitrogens is 1. The van der Waals surface area contributed by atoms with Crippen LogP contribution in [0, 0.1) is 0 Å². The number of carbonyl (C=O) groups excluding carboxylic acids is 2. The minimum Gasteiger partial charge on any atom is -0.756 e. The number of hydrogen-bond donors (Lipinski definition) is 1. The SMILES string of the molecule is CCCCC/C=C\C/C=C\C/C=C\C/C=C\CCCCCCCCCCCCCC(=O)NC(COP(=O)([O-])OCC[N+](C)(C)C)C(/C=C/CCCCCCCCCCC)OC(=O)CCCCCCCCCCCCCC/C=C\C/C=C\C/C=C\CCCCC. The van der Waals surface area contributed by atoms with Crippen molar-refractivity contribution in [2.24, 2.45) is 0 Å². The maximum atomic E-state index is 13.6. The summed E-state index contributed by atoms with van der Waals surface area (Å²) in [6.45, 7) is 6.81. The van der Waals surface area contributed by atoms with Gasteiger partial charge in [0, 0.05) is 12.8 Å². The van der Waals surface area contributed by atoms with Gasteiger partial charge in [0.05, 0.1) is 33.8 Å². The molecule has 0 fully saturated rings. The molecular weight excluding hydrogens is 1120 g/mol. The van der Waals surface area contributed by atoms with Gasteiger partial charge in [0.1, 0.15) is 19.3 Å². The minimum atomic E-state index is -4.71. The topological polar surface area (TPSA) is 114 Å². The van der Waals surface area contributed by atoms with Gasteiger partial charge in [-0.25, -0.2) is 0 Å². The summed E-state index contributed by atoms with van der Waals surface area (Å²) in [6.07, 6.45) is 92.5. The van der Waals surface area contributed by atoms with Crippen LogP contribution in [0.15, 0.2) is 97.2 Å². The predicted octanol–water partition coefficient (Wildman–Crippen LogP) is 23.6. The normalized spacial score (nSPS) is 14.0. The molecule has 9 nitrogen and oxygen atoms in total. The Morgan fingerprint density at radius 2 is 0.685 bits per heavy atom. The summed E-state index contributed by atoms with van der Waals surface area (Å²) >= 11 is 0. The molecule has 0 spiro atoms. The Morgan fingerprint density at radius 1 is 0.393 bits per heavy atom. The number of phosphoric acid groups is 1. The zero-order valence-electron chi connectivity index (χ0n) is 59.1. The summed E-state index contributed by atoms with van der Waals surface area (Å²) in [5.41, 5.74) is 0. The number of nitrogens with zero attached hydrogens (tertiary/aromatic N) is 1. The number of ether oxygens (including phenoxy) is 1. The molecule has 1 N–H and O–H groups in total. The molecule has 0 aliphatic rings. The van der Waals surface area contributed by atoms with Gasteiger partial charge in [0.2, 0.25) is 5.91 Å². The van der Waals surface area contributed by atoms with Gasteiger partial charge in [-0.2, -0.15) is 0 Å². The van der Waals surface area contributed by atoms with Crippen LogP contribution in [0.25, 0.3) is 0 Å². The zero-order chi connectivity index (χ0) is 64.9. The fourth-order valence-corrected chi connectivity index (χ4v) is 11.4. The van der Waals surface area contributed by atoms with Crippen molar-refractivity contribution in [2.75, 3.05) is 40.9 Å². The van der Waals surface area contributed by atoms with Gasteiger partial charge < -0.3 is 28.5 Å². The number of phosphoric ester groups is 1. The van der Waals surface area contributed by atoms with E-state index >= 15 is 0 Å². The Morgan fingerprint density at radius 3 is 1.04 bits per heavy atom. The molecule has 0 aliphatic heterocycles. The first-order chi connectivity index (χ1) is 43.4. The van der Waals surface area contributed by atoms with Gasteiger partial charge in [0.25, 0.3) is 7.82 Å². The summed E-state index contributed by atoms with van der Waals surface area (Å²) in [5.74, 6) is -0.541. The average molecular weight is 1260 g/mol. The molecule has 0 aliphatic carbocycles. The number of rotatable bonds is 68. The van der Waals surface area contributed by atoms with Crippen LogP contribution in [-0.2, 0) is 27.9 Å². The number of carbonyl (C=O) groups is 2. The third-order valence-corrected chi connectivity index (χ3v) is 17.5. The number of hydrogen-bond acceptors (Lipinski definition) is 7. The Balaban J connectivity index is 4.97. The first kappa shape index (κ1) is 85.9. The van der Waals surface area contributed by atoms with Crippen LogP contribution in [0.5, 0.6) is 0 Å². The summed E-state index contributed by atoms with van der Waals surface area (Å²) < 4.78 is 30.5. The Kier molecular flexibility index (Phi) is 65.5. The largest absolute Gasteiger partial charge is 0.756 e. The van der Waals surface area contributed by atoms with Crippen LogP contribution in [0.1, 0.15) is 342 Å². The molecule has 0 aromatic carbocycles. The highest BCUT2D eigenvalue weighted by molar-refractivity contribution is 7.45. The van der Waals surface area contributed by atoms with Crippen molar-refractivity contribution in [3.8, 4) is 0 Å². The predicted molar refractivity (Wildman–Crippen MR) is 385 cm³/mol. The number of esters is 1. The van der Waals surface area contributed by atoms with Crippen LogP contribution in [0.3, 0.4) is 0 Å². The molecule has 89 heavy (non-hydrogen) atoms. The smallest absolute Gasteiger partial charge is 0.306 e. The standard InChI is InChI=1S/C79H143N2O7P/c1-7-10-13-16-19-22-25-27-29-31-33-35-37-39-40-42-43-45-47-49-51-53-56-59-62-65-68-71-78(82)80-76(75-87-89(84,85)86-74-73-81(4,5)6)77(70-67-64-61-58-55-24-21-18-15-12-9-3)88-79(83)72-69-66-63-60-57-54-52-50-48-46-44-41-38-36-34-32-30-28-26-23-20-17-14-11-8-2/h19-20,22-23,27-30,33-36,39-40,67,70,76-77H,7-18,21,24-26,31-32,37-38,41-66,68-69,71-75H2,1-6H3,(H-,80,82,84,85)/b22-19-,23-20-,29-27-,30-28-,35-33-,36-34-,40-39-,70-67+. The van der Waals surface area contributed by atoms with Crippen LogP contribution in [0.2, 0.25) is 0 Å². The van der Waals surface area contributed by atoms with Gasteiger partial charge in [-0.1, -0.05) is 311 Å². The lowest BCUT2D eigenvalue weighted by atomic mass is 10.0. The van der Waals surface area contributed by atoms with Crippen LogP contribution in [0.4, 0.5) is 0 Å². The molecule has 516 valence electrons. The summed E-state index contributed by atoms with van der Waals surface area (Å²) in [6, 6.07) is -0.896. The molecule has 0 radical (unpaired) electrons. The van der Waals surface area contributed by atoms with Crippen molar-refractivity contribution in [3.05, 3.63) is 97.2 Å². The van der Waals surface area contributed by atoms with E-state index in [-0.39, 0.29) is 24.9 Å². The van der Waals surface area contributed by atoms with E-state index in [2.05, 4.69) is 111 Å². The van der Waals surface area contributed by atoms with E-state index in [1.807, 2.05) is 33.3 Å². The van der Waals surface area contributed by atoms with Crippen LogP contribution >= 0.6 is 7.82 Å². The first-order valence-electron chi connectivity index (χ1n) is 37.5. The zero-order valence-corrected chi connectivity index (χ0v) is 60.0. The third kappa shape index (κ3) is 69.1. The van der Waals surface area contributed by atoms with Gasteiger partial charge in [-0.3, -0.25) is 14.2 Å². The van der Waals surface area contributed by atoms with Gasteiger partial charge in [-0.05, 0) is 115 Å². The molecule has 3 unspecified atom stereocenters. The first-order valence-corrected chi connectivity index (χ1v) is 39.0. The minimum absolute atomic E-state index is 0.0261. The second kappa shape index (κ2) is 67.8. The average Bonchev–Trinajstić information content (AvgIpc) is 3.70. The van der Waals surface area contributed by atoms with E-state index in [1.165, 1.54) is 212 Å². The highest BCUT2D eigenvalue weighted by Gasteiger charge is 2.27.